The first-order chi connectivity index (χ1) is 16.9. The van der Waals surface area contributed by atoms with Gasteiger partial charge in [-0.15, -0.1) is 5.10 Å². The van der Waals surface area contributed by atoms with E-state index < -0.39 is 17.4 Å². The summed E-state index contributed by atoms with van der Waals surface area (Å²) in [6.45, 7) is 9.37. The van der Waals surface area contributed by atoms with E-state index in [1.54, 1.807) is 36.4 Å². The fourth-order valence-corrected chi connectivity index (χ4v) is 3.68. The second-order valence-corrected chi connectivity index (χ2v) is 10.1. The third-order valence-electron chi connectivity index (χ3n) is 4.96. The lowest BCUT2D eigenvalue weighted by molar-refractivity contribution is -0.122. The number of amides is 2. The summed E-state index contributed by atoms with van der Waals surface area (Å²) in [7, 11) is 0. The van der Waals surface area contributed by atoms with Crippen LogP contribution in [-0.4, -0.2) is 44.5 Å². The van der Waals surface area contributed by atoms with Crippen LogP contribution >= 0.6 is 11.6 Å². The molecule has 0 atom stereocenters. The topological polar surface area (TPSA) is 107 Å². The van der Waals surface area contributed by atoms with Gasteiger partial charge in [0.15, 0.2) is 5.82 Å². The van der Waals surface area contributed by atoms with E-state index in [2.05, 4.69) is 15.7 Å². The van der Waals surface area contributed by atoms with Crippen LogP contribution in [0.25, 0.3) is 17.1 Å². The molecule has 9 nitrogen and oxygen atoms in total. The van der Waals surface area contributed by atoms with Crippen molar-refractivity contribution < 1.29 is 14.3 Å². The number of aromatic nitrogens is 3. The van der Waals surface area contributed by atoms with Crippen molar-refractivity contribution in [3.05, 3.63) is 69.6 Å². The lowest BCUT2D eigenvalue weighted by Gasteiger charge is -2.19. The van der Waals surface area contributed by atoms with E-state index in [1.165, 1.54) is 9.25 Å². The first-order valence-electron chi connectivity index (χ1n) is 11.7. The van der Waals surface area contributed by atoms with Gasteiger partial charge >= 0.3 is 11.8 Å². The number of carbonyl (C=O) groups is 2. The molecule has 0 saturated carbocycles. The van der Waals surface area contributed by atoms with Crippen molar-refractivity contribution in [2.24, 2.45) is 0 Å². The van der Waals surface area contributed by atoms with Crippen LogP contribution in [0.2, 0.25) is 5.02 Å². The smallest absolute Gasteiger partial charge is 0.407 e. The van der Waals surface area contributed by atoms with Gasteiger partial charge < -0.3 is 15.4 Å². The molecule has 3 rings (SSSR count). The Kier molecular flexibility index (Phi) is 8.57. The van der Waals surface area contributed by atoms with Crippen molar-refractivity contribution in [2.45, 2.75) is 59.2 Å². The maximum absolute atomic E-state index is 13.3. The van der Waals surface area contributed by atoms with E-state index in [0.29, 0.717) is 35.1 Å². The van der Waals surface area contributed by atoms with Crippen molar-refractivity contribution >= 4 is 23.6 Å². The summed E-state index contributed by atoms with van der Waals surface area (Å²) < 4.78 is 7.84. The molecular weight excluding hydrogens is 482 g/mol. The Balaban J connectivity index is 1.82. The van der Waals surface area contributed by atoms with Crippen LogP contribution in [0.4, 0.5) is 4.79 Å². The number of nitrogens with zero attached hydrogens (tertiary/aromatic N) is 3. The summed E-state index contributed by atoms with van der Waals surface area (Å²) in [6.07, 6.45) is 0.123. The number of hydrogen-bond acceptors (Lipinski definition) is 5. The predicted molar refractivity (Wildman–Crippen MR) is 139 cm³/mol. The molecule has 192 valence electrons. The van der Waals surface area contributed by atoms with Gasteiger partial charge in [0, 0.05) is 23.2 Å². The molecule has 0 saturated heterocycles. The molecule has 2 aromatic carbocycles. The average Bonchev–Trinajstić information content (AvgIpc) is 3.08. The Hall–Kier alpha value is -3.59. The maximum atomic E-state index is 13.3. The average molecular weight is 514 g/mol. The van der Waals surface area contributed by atoms with Gasteiger partial charge in [-0.05, 0) is 70.9 Å². The summed E-state index contributed by atoms with van der Waals surface area (Å²) in [5.74, 6) is 0.0507. The molecule has 36 heavy (non-hydrogen) atoms. The molecule has 2 amide bonds. The molecule has 3 aromatic rings. The zero-order valence-electron chi connectivity index (χ0n) is 21.2. The first-order valence-corrected chi connectivity index (χ1v) is 12.1. The van der Waals surface area contributed by atoms with Crippen LogP contribution in [0.3, 0.4) is 0 Å². The van der Waals surface area contributed by atoms with E-state index in [1.807, 2.05) is 46.8 Å². The van der Waals surface area contributed by atoms with E-state index in [-0.39, 0.29) is 18.5 Å². The molecule has 0 fully saturated rings. The van der Waals surface area contributed by atoms with Gasteiger partial charge in [-0.2, -0.15) is 4.68 Å². The molecule has 0 bridgehead atoms. The maximum Gasteiger partial charge on any atom is 0.407 e. The van der Waals surface area contributed by atoms with E-state index in [0.717, 1.165) is 5.56 Å². The summed E-state index contributed by atoms with van der Waals surface area (Å²) >= 11 is 6.16. The van der Waals surface area contributed by atoms with Gasteiger partial charge in [-0.25, -0.2) is 9.59 Å². The largest absolute Gasteiger partial charge is 0.444 e. The van der Waals surface area contributed by atoms with Crippen LogP contribution in [0.5, 0.6) is 0 Å². The van der Waals surface area contributed by atoms with Gasteiger partial charge in [-0.1, -0.05) is 35.9 Å². The summed E-state index contributed by atoms with van der Waals surface area (Å²) in [6, 6.07) is 14.2. The number of carbonyl (C=O) groups excluding carboxylic acids is 2. The number of alkyl carbamates (subject to hydrolysis) is 1. The standard InChI is InChI=1S/C26H32ClN5O4/c1-17(2)29-22(33)16-31-23(19-7-6-8-20(27)15-19)30-32(25(31)35)21-11-9-18(10-12-21)13-14-28-24(34)36-26(3,4)5/h6-12,15,17H,13-14,16H2,1-5H3,(H,28,34)(H,29,33). The zero-order chi connectivity index (χ0) is 26.5. The minimum Gasteiger partial charge on any atom is -0.444 e. The Morgan fingerprint density at radius 3 is 2.42 bits per heavy atom. The fraction of sp³-hybridized carbons (Fsp3) is 0.385. The molecule has 1 aromatic heterocycles. The van der Waals surface area contributed by atoms with Crippen LogP contribution in [-0.2, 0) is 22.5 Å². The number of benzene rings is 2. The normalized spacial score (nSPS) is 11.4. The third-order valence-corrected chi connectivity index (χ3v) is 5.19. The number of ether oxygens (including phenoxy) is 1. The number of rotatable bonds is 8. The Bertz CT molecular complexity index is 1270. The minimum atomic E-state index is -0.554. The van der Waals surface area contributed by atoms with Crippen LogP contribution < -0.4 is 16.3 Å². The van der Waals surface area contributed by atoms with Crippen LogP contribution in [0, 0.1) is 0 Å². The van der Waals surface area contributed by atoms with Gasteiger partial charge in [0.2, 0.25) is 5.91 Å². The quantitative estimate of drug-likeness (QED) is 0.474. The Morgan fingerprint density at radius 2 is 1.81 bits per heavy atom. The Morgan fingerprint density at radius 1 is 1.11 bits per heavy atom. The molecule has 0 aliphatic carbocycles. The Labute approximate surface area is 215 Å². The second kappa shape index (κ2) is 11.4. The highest BCUT2D eigenvalue weighted by molar-refractivity contribution is 6.30. The summed E-state index contributed by atoms with van der Waals surface area (Å²) in [4.78, 5) is 37.6. The van der Waals surface area contributed by atoms with Crippen molar-refractivity contribution in [1.82, 2.24) is 25.0 Å². The van der Waals surface area contributed by atoms with Gasteiger partial charge in [0.05, 0.1) is 5.69 Å². The number of hydrogen-bond donors (Lipinski definition) is 2. The lowest BCUT2D eigenvalue weighted by atomic mass is 10.1. The number of nitrogens with one attached hydrogen (secondary N) is 2. The summed E-state index contributed by atoms with van der Waals surface area (Å²) in [5.41, 5.74) is 1.15. The lowest BCUT2D eigenvalue weighted by Crippen LogP contribution is -2.36. The molecular formula is C26H32ClN5O4. The highest BCUT2D eigenvalue weighted by Crippen LogP contribution is 2.21. The van der Waals surface area contributed by atoms with Gasteiger partial charge in [0.25, 0.3) is 0 Å². The minimum absolute atomic E-state index is 0.0600. The van der Waals surface area contributed by atoms with Gasteiger partial charge in [-0.3, -0.25) is 9.36 Å². The highest BCUT2D eigenvalue weighted by atomic mass is 35.5. The SMILES string of the molecule is CC(C)NC(=O)Cn1c(-c2cccc(Cl)c2)nn(-c2ccc(CCNC(=O)OC(C)(C)C)cc2)c1=O. The summed E-state index contributed by atoms with van der Waals surface area (Å²) in [5, 5.41) is 10.6. The molecule has 0 spiro atoms. The molecule has 0 unspecified atom stereocenters. The number of halogens is 1. The molecule has 0 aliphatic heterocycles. The molecule has 1 heterocycles. The van der Waals surface area contributed by atoms with Crippen LogP contribution in [0.15, 0.2) is 53.3 Å². The van der Waals surface area contributed by atoms with Crippen molar-refractivity contribution in [2.75, 3.05) is 6.54 Å². The van der Waals surface area contributed by atoms with Crippen molar-refractivity contribution in [1.29, 1.82) is 0 Å². The fourth-order valence-electron chi connectivity index (χ4n) is 3.49. The van der Waals surface area contributed by atoms with E-state index in [4.69, 9.17) is 16.3 Å². The van der Waals surface area contributed by atoms with Crippen molar-refractivity contribution in [3.8, 4) is 17.1 Å². The molecule has 0 radical (unpaired) electrons. The first kappa shape index (κ1) is 27.0. The van der Waals surface area contributed by atoms with Crippen LogP contribution in [0.1, 0.15) is 40.2 Å². The van der Waals surface area contributed by atoms with Gasteiger partial charge in [0.1, 0.15) is 12.1 Å². The highest BCUT2D eigenvalue weighted by Gasteiger charge is 2.19. The third kappa shape index (κ3) is 7.45. The van der Waals surface area contributed by atoms with E-state index in [9.17, 15) is 14.4 Å². The monoisotopic (exact) mass is 513 g/mol. The van der Waals surface area contributed by atoms with E-state index >= 15 is 0 Å². The van der Waals surface area contributed by atoms with Crippen molar-refractivity contribution in [3.63, 3.8) is 0 Å². The molecule has 2 N–H and O–H groups in total. The molecule has 10 heteroatoms. The predicted octanol–water partition coefficient (Wildman–Crippen LogP) is 3.95. The zero-order valence-corrected chi connectivity index (χ0v) is 21.9. The second-order valence-electron chi connectivity index (χ2n) is 9.68. The molecule has 0 aliphatic rings.